The van der Waals surface area contributed by atoms with E-state index >= 15 is 0 Å². The molecule has 76 valence electrons. The Labute approximate surface area is 95.8 Å². The first-order chi connectivity index (χ1) is 7.06. The summed E-state index contributed by atoms with van der Waals surface area (Å²) in [5, 5.41) is 17.5. The Morgan fingerprint density at radius 1 is 1.40 bits per heavy atom. The lowest BCUT2D eigenvalue weighted by Gasteiger charge is -2.02. The van der Waals surface area contributed by atoms with Crippen molar-refractivity contribution in [2.24, 2.45) is 0 Å². The third-order valence-corrected chi connectivity index (χ3v) is 2.51. The first kappa shape index (κ1) is 11.5. The fourth-order valence-corrected chi connectivity index (χ4v) is 1.40. The van der Waals surface area contributed by atoms with Crippen molar-refractivity contribution >= 4 is 27.5 Å². The van der Waals surface area contributed by atoms with Crippen LogP contribution in [0.3, 0.4) is 0 Å². The largest absolute Gasteiger partial charge is 0.477 e. The van der Waals surface area contributed by atoms with Crippen LogP contribution in [0.25, 0.3) is 5.57 Å². The molecule has 0 bridgehead atoms. The number of aliphatic carboxylic acids is 1. The highest BCUT2D eigenvalue weighted by Gasteiger charge is 2.11. The van der Waals surface area contributed by atoms with Crippen LogP contribution in [0.1, 0.15) is 12.5 Å². The van der Waals surface area contributed by atoms with E-state index in [9.17, 15) is 4.79 Å². The molecule has 0 spiro atoms. The zero-order valence-electron chi connectivity index (χ0n) is 7.99. The molecule has 0 heterocycles. The van der Waals surface area contributed by atoms with E-state index in [0.717, 1.165) is 10.0 Å². The second-order valence-electron chi connectivity index (χ2n) is 2.92. The minimum atomic E-state index is -1.20. The van der Waals surface area contributed by atoms with Gasteiger partial charge in [-0.05, 0) is 30.2 Å². The van der Waals surface area contributed by atoms with E-state index in [4.69, 9.17) is 10.4 Å². The average Bonchev–Trinajstić information content (AvgIpc) is 2.19. The summed E-state index contributed by atoms with van der Waals surface area (Å²) in [6, 6.07) is 8.81. The normalized spacial score (nSPS) is 11.5. The summed E-state index contributed by atoms with van der Waals surface area (Å²) in [7, 11) is 0. The third kappa shape index (κ3) is 2.67. The topological polar surface area (TPSA) is 61.1 Å². The predicted octanol–water partition coefficient (Wildman–Crippen LogP) is 2.83. The number of carboxylic acids is 1. The minimum Gasteiger partial charge on any atom is -0.477 e. The van der Waals surface area contributed by atoms with E-state index < -0.39 is 5.97 Å². The molecule has 3 nitrogen and oxygen atoms in total. The van der Waals surface area contributed by atoms with Gasteiger partial charge in [0.1, 0.15) is 11.6 Å². The van der Waals surface area contributed by atoms with Crippen molar-refractivity contribution in [2.75, 3.05) is 0 Å². The van der Waals surface area contributed by atoms with Crippen LogP contribution in [0.5, 0.6) is 0 Å². The third-order valence-electron chi connectivity index (χ3n) is 1.98. The predicted molar refractivity (Wildman–Crippen MR) is 60.0 cm³/mol. The number of allylic oxidation sites excluding steroid dienone is 1. The molecule has 0 aliphatic carbocycles. The van der Waals surface area contributed by atoms with Crippen LogP contribution in [0.15, 0.2) is 34.3 Å². The highest BCUT2D eigenvalue weighted by molar-refractivity contribution is 9.10. The Kier molecular flexibility index (Phi) is 3.64. The summed E-state index contributed by atoms with van der Waals surface area (Å²) in [5.74, 6) is -1.20. The van der Waals surface area contributed by atoms with Gasteiger partial charge in [0.25, 0.3) is 0 Å². The van der Waals surface area contributed by atoms with Crippen LogP contribution in [-0.2, 0) is 4.79 Å². The molecule has 0 aromatic heterocycles. The number of carboxylic acid groups (broad SMARTS) is 1. The van der Waals surface area contributed by atoms with Crippen molar-refractivity contribution in [2.45, 2.75) is 6.92 Å². The summed E-state index contributed by atoms with van der Waals surface area (Å²) in [6.45, 7) is 1.62. The number of halogens is 1. The van der Waals surface area contributed by atoms with Gasteiger partial charge in [0.2, 0.25) is 0 Å². The zero-order valence-corrected chi connectivity index (χ0v) is 9.58. The van der Waals surface area contributed by atoms with Gasteiger partial charge in [0.05, 0.1) is 0 Å². The highest BCUT2D eigenvalue weighted by Crippen LogP contribution is 2.20. The molecule has 0 aliphatic heterocycles. The van der Waals surface area contributed by atoms with Gasteiger partial charge in [-0.3, -0.25) is 0 Å². The van der Waals surface area contributed by atoms with E-state index in [0.29, 0.717) is 5.57 Å². The van der Waals surface area contributed by atoms with Crippen LogP contribution in [0.2, 0.25) is 0 Å². The van der Waals surface area contributed by atoms with Gasteiger partial charge in [-0.2, -0.15) is 5.26 Å². The van der Waals surface area contributed by atoms with E-state index in [1.807, 2.05) is 0 Å². The molecule has 0 saturated heterocycles. The maximum Gasteiger partial charge on any atom is 0.346 e. The fraction of sp³-hybridized carbons (Fsp3) is 0.0909. The number of nitrogens with zero attached hydrogens (tertiary/aromatic N) is 1. The fourth-order valence-electron chi connectivity index (χ4n) is 1.14. The van der Waals surface area contributed by atoms with Crippen molar-refractivity contribution in [1.29, 1.82) is 5.26 Å². The maximum atomic E-state index is 10.7. The Morgan fingerprint density at radius 3 is 2.33 bits per heavy atom. The lowest BCUT2D eigenvalue weighted by molar-refractivity contribution is -0.132. The molecular formula is C11H8BrNO2. The first-order valence-corrected chi connectivity index (χ1v) is 4.95. The molecule has 0 amide bonds. The van der Waals surface area contributed by atoms with Crippen molar-refractivity contribution in [3.63, 3.8) is 0 Å². The second-order valence-corrected chi connectivity index (χ2v) is 3.84. The van der Waals surface area contributed by atoms with Gasteiger partial charge < -0.3 is 5.11 Å². The number of rotatable bonds is 2. The van der Waals surface area contributed by atoms with Crippen molar-refractivity contribution < 1.29 is 9.90 Å². The number of benzene rings is 1. The number of carbonyl (C=O) groups is 1. The Hall–Kier alpha value is -1.60. The molecule has 15 heavy (non-hydrogen) atoms. The van der Waals surface area contributed by atoms with Crippen LogP contribution in [-0.4, -0.2) is 11.1 Å². The molecule has 1 aromatic carbocycles. The van der Waals surface area contributed by atoms with Crippen molar-refractivity contribution in [1.82, 2.24) is 0 Å². The molecule has 1 rings (SSSR count). The van der Waals surface area contributed by atoms with Gasteiger partial charge in [0, 0.05) is 4.47 Å². The summed E-state index contributed by atoms with van der Waals surface area (Å²) < 4.78 is 0.910. The van der Waals surface area contributed by atoms with E-state index in [2.05, 4.69) is 15.9 Å². The van der Waals surface area contributed by atoms with Crippen LogP contribution < -0.4 is 0 Å². The Bertz CT molecular complexity index is 454. The minimum absolute atomic E-state index is 0.225. The maximum absolute atomic E-state index is 10.7. The Morgan fingerprint density at radius 2 is 1.93 bits per heavy atom. The summed E-state index contributed by atoms with van der Waals surface area (Å²) in [4.78, 5) is 10.7. The molecule has 0 saturated carbocycles. The molecule has 0 unspecified atom stereocenters. The first-order valence-electron chi connectivity index (χ1n) is 4.16. The van der Waals surface area contributed by atoms with Gasteiger partial charge in [-0.1, -0.05) is 28.1 Å². The van der Waals surface area contributed by atoms with Crippen molar-refractivity contribution in [3.05, 3.63) is 39.9 Å². The van der Waals surface area contributed by atoms with Crippen molar-refractivity contribution in [3.8, 4) is 6.07 Å². The number of hydrogen-bond donors (Lipinski definition) is 1. The average molecular weight is 266 g/mol. The van der Waals surface area contributed by atoms with Crippen LogP contribution >= 0.6 is 15.9 Å². The molecule has 0 fully saturated rings. The standard InChI is InChI=1S/C11H8BrNO2/c1-7(10(6-13)11(14)15)8-2-4-9(12)5-3-8/h2-5H,1H3,(H,14,15)/b10-7-. The van der Waals surface area contributed by atoms with Gasteiger partial charge in [0.15, 0.2) is 0 Å². The quantitative estimate of drug-likeness (QED) is 0.661. The van der Waals surface area contributed by atoms with Gasteiger partial charge >= 0.3 is 5.97 Å². The summed E-state index contributed by atoms with van der Waals surface area (Å²) >= 11 is 3.28. The summed E-state index contributed by atoms with van der Waals surface area (Å²) in [6.07, 6.45) is 0. The summed E-state index contributed by atoms with van der Waals surface area (Å²) in [5.41, 5.74) is 0.979. The number of hydrogen-bond acceptors (Lipinski definition) is 2. The molecule has 1 aromatic rings. The van der Waals surface area contributed by atoms with E-state index in [1.54, 1.807) is 37.3 Å². The molecule has 1 N–H and O–H groups in total. The van der Waals surface area contributed by atoms with Crippen LogP contribution in [0, 0.1) is 11.3 Å². The number of nitriles is 1. The monoisotopic (exact) mass is 265 g/mol. The Balaban J connectivity index is 3.24. The molecule has 0 aliphatic rings. The lowest BCUT2D eigenvalue weighted by atomic mass is 10.0. The second kappa shape index (κ2) is 4.76. The SMILES string of the molecule is C/C(=C(\C#N)C(=O)O)c1ccc(Br)cc1. The van der Waals surface area contributed by atoms with E-state index in [-0.39, 0.29) is 5.57 Å². The molecule has 4 heteroatoms. The lowest BCUT2D eigenvalue weighted by Crippen LogP contribution is -2.00. The van der Waals surface area contributed by atoms with E-state index in [1.165, 1.54) is 0 Å². The molecular weight excluding hydrogens is 258 g/mol. The van der Waals surface area contributed by atoms with Gasteiger partial charge in [-0.25, -0.2) is 4.79 Å². The zero-order chi connectivity index (χ0) is 11.4. The molecule has 0 radical (unpaired) electrons. The smallest absolute Gasteiger partial charge is 0.346 e. The highest BCUT2D eigenvalue weighted by atomic mass is 79.9. The van der Waals surface area contributed by atoms with Crippen LogP contribution in [0.4, 0.5) is 0 Å². The molecule has 0 atom stereocenters. The van der Waals surface area contributed by atoms with Gasteiger partial charge in [-0.15, -0.1) is 0 Å².